The summed E-state index contributed by atoms with van der Waals surface area (Å²) in [6.07, 6.45) is 2.66. The van der Waals surface area contributed by atoms with Crippen LogP contribution >= 0.6 is 0 Å². The van der Waals surface area contributed by atoms with Gasteiger partial charge in [0.1, 0.15) is 0 Å². The maximum Gasteiger partial charge on any atom is 0.0640 e. The van der Waals surface area contributed by atoms with Crippen molar-refractivity contribution in [1.29, 1.82) is 5.26 Å². The monoisotopic (exact) mass is 216 g/mol. The van der Waals surface area contributed by atoms with Crippen molar-refractivity contribution in [3.05, 3.63) is 29.3 Å². The molecular formula is C14H20N2. The van der Waals surface area contributed by atoms with Crippen molar-refractivity contribution >= 4 is 5.69 Å². The molecule has 86 valence electrons. The van der Waals surface area contributed by atoms with Crippen LogP contribution in [0.4, 0.5) is 5.69 Å². The smallest absolute Gasteiger partial charge is 0.0640 e. The van der Waals surface area contributed by atoms with Gasteiger partial charge in [-0.05, 0) is 24.0 Å². The van der Waals surface area contributed by atoms with E-state index >= 15 is 0 Å². The van der Waals surface area contributed by atoms with Crippen LogP contribution < -0.4 is 4.90 Å². The minimum atomic E-state index is 0.581. The first-order valence-electron chi connectivity index (χ1n) is 5.93. The molecule has 0 amide bonds. The van der Waals surface area contributed by atoms with Crippen LogP contribution in [0.3, 0.4) is 0 Å². The summed E-state index contributed by atoms with van der Waals surface area (Å²) in [6, 6.07) is 8.68. The van der Waals surface area contributed by atoms with Gasteiger partial charge in [-0.15, -0.1) is 0 Å². The van der Waals surface area contributed by atoms with Gasteiger partial charge >= 0.3 is 0 Å². The fourth-order valence-electron chi connectivity index (χ4n) is 2.03. The van der Waals surface area contributed by atoms with Crippen molar-refractivity contribution in [2.45, 2.75) is 33.1 Å². The van der Waals surface area contributed by atoms with Crippen LogP contribution in [0.1, 0.15) is 31.4 Å². The van der Waals surface area contributed by atoms with Crippen molar-refractivity contribution in [3.63, 3.8) is 0 Å². The third kappa shape index (κ3) is 2.76. The summed E-state index contributed by atoms with van der Waals surface area (Å²) < 4.78 is 0. The van der Waals surface area contributed by atoms with E-state index in [0.29, 0.717) is 6.42 Å². The zero-order valence-electron chi connectivity index (χ0n) is 10.5. The van der Waals surface area contributed by atoms with E-state index in [1.807, 2.05) is 0 Å². The normalized spacial score (nSPS) is 9.88. The molecule has 0 N–H and O–H groups in total. The standard InChI is InChI=1S/C14H20N2/c1-4-12-8-6-9-13(5-2)14(12)16(3)11-7-10-15/h6,8-9H,4-5,7,11H2,1-3H3. The molecule has 0 spiro atoms. The summed E-state index contributed by atoms with van der Waals surface area (Å²) in [5.74, 6) is 0. The van der Waals surface area contributed by atoms with Crippen LogP contribution in [0.2, 0.25) is 0 Å². The highest BCUT2D eigenvalue weighted by molar-refractivity contribution is 5.59. The van der Waals surface area contributed by atoms with Crippen LogP contribution in [-0.2, 0) is 12.8 Å². The number of anilines is 1. The molecule has 0 aromatic heterocycles. The molecule has 0 saturated carbocycles. The predicted octanol–water partition coefficient (Wildman–Crippen LogP) is 3.16. The highest BCUT2D eigenvalue weighted by Gasteiger charge is 2.10. The first-order chi connectivity index (χ1) is 7.74. The Bertz CT molecular complexity index is 355. The average molecular weight is 216 g/mol. The fourth-order valence-corrected chi connectivity index (χ4v) is 2.03. The third-order valence-electron chi connectivity index (χ3n) is 2.91. The van der Waals surface area contributed by atoms with Gasteiger partial charge in [0.05, 0.1) is 12.5 Å². The summed E-state index contributed by atoms with van der Waals surface area (Å²) in [4.78, 5) is 2.21. The van der Waals surface area contributed by atoms with E-state index in [1.165, 1.54) is 16.8 Å². The van der Waals surface area contributed by atoms with Gasteiger partial charge in [-0.25, -0.2) is 0 Å². The second-order valence-corrected chi connectivity index (χ2v) is 3.96. The largest absolute Gasteiger partial charge is 0.373 e. The maximum absolute atomic E-state index is 8.64. The van der Waals surface area contributed by atoms with Crippen LogP contribution in [0.25, 0.3) is 0 Å². The number of aryl methyl sites for hydroxylation is 2. The summed E-state index contributed by atoms with van der Waals surface area (Å²) in [5, 5.41) is 8.64. The molecule has 0 atom stereocenters. The van der Waals surface area contributed by atoms with E-state index in [4.69, 9.17) is 5.26 Å². The lowest BCUT2D eigenvalue weighted by atomic mass is 10.0. The Morgan fingerprint density at radius 3 is 2.19 bits per heavy atom. The van der Waals surface area contributed by atoms with E-state index in [-0.39, 0.29) is 0 Å². The van der Waals surface area contributed by atoms with Gasteiger partial charge in [-0.1, -0.05) is 32.0 Å². The van der Waals surface area contributed by atoms with Gasteiger partial charge in [-0.2, -0.15) is 5.26 Å². The molecule has 0 aliphatic carbocycles. The van der Waals surface area contributed by atoms with Gasteiger partial charge in [-0.3, -0.25) is 0 Å². The zero-order valence-corrected chi connectivity index (χ0v) is 10.5. The number of nitrogens with zero attached hydrogens (tertiary/aromatic N) is 2. The maximum atomic E-state index is 8.64. The van der Waals surface area contributed by atoms with E-state index in [9.17, 15) is 0 Å². The molecular weight excluding hydrogens is 196 g/mol. The van der Waals surface area contributed by atoms with Crippen molar-refractivity contribution in [3.8, 4) is 6.07 Å². The van der Waals surface area contributed by atoms with E-state index < -0.39 is 0 Å². The molecule has 2 nitrogen and oxygen atoms in total. The number of rotatable bonds is 5. The van der Waals surface area contributed by atoms with E-state index in [0.717, 1.165) is 19.4 Å². The first-order valence-corrected chi connectivity index (χ1v) is 5.93. The summed E-state index contributed by atoms with van der Waals surface area (Å²) in [7, 11) is 2.07. The second-order valence-electron chi connectivity index (χ2n) is 3.96. The van der Waals surface area contributed by atoms with Crippen molar-refractivity contribution < 1.29 is 0 Å². The van der Waals surface area contributed by atoms with Gasteiger partial charge in [0.15, 0.2) is 0 Å². The highest BCUT2D eigenvalue weighted by Crippen LogP contribution is 2.25. The summed E-state index contributed by atoms with van der Waals surface area (Å²) >= 11 is 0. The molecule has 1 rings (SSSR count). The van der Waals surface area contributed by atoms with E-state index in [2.05, 4.69) is 50.1 Å². The lowest BCUT2D eigenvalue weighted by Gasteiger charge is -2.24. The first kappa shape index (κ1) is 12.6. The van der Waals surface area contributed by atoms with Crippen LogP contribution in [0.5, 0.6) is 0 Å². The van der Waals surface area contributed by atoms with Gasteiger partial charge in [0.25, 0.3) is 0 Å². The van der Waals surface area contributed by atoms with Crippen LogP contribution in [0.15, 0.2) is 18.2 Å². The van der Waals surface area contributed by atoms with Crippen molar-refractivity contribution in [1.82, 2.24) is 0 Å². The van der Waals surface area contributed by atoms with Gasteiger partial charge in [0.2, 0.25) is 0 Å². The Hall–Kier alpha value is -1.49. The van der Waals surface area contributed by atoms with Crippen molar-refractivity contribution in [2.24, 2.45) is 0 Å². The molecule has 0 saturated heterocycles. The van der Waals surface area contributed by atoms with Crippen LogP contribution in [-0.4, -0.2) is 13.6 Å². The van der Waals surface area contributed by atoms with Crippen molar-refractivity contribution in [2.75, 3.05) is 18.5 Å². The summed E-state index contributed by atoms with van der Waals surface area (Å²) in [5.41, 5.74) is 4.07. The minimum Gasteiger partial charge on any atom is -0.373 e. The lowest BCUT2D eigenvalue weighted by Crippen LogP contribution is -2.21. The molecule has 1 aromatic rings. The van der Waals surface area contributed by atoms with Gasteiger partial charge in [0, 0.05) is 19.3 Å². The van der Waals surface area contributed by atoms with E-state index in [1.54, 1.807) is 0 Å². The Balaban J connectivity index is 3.03. The number of benzene rings is 1. The highest BCUT2D eigenvalue weighted by atomic mass is 15.1. The molecule has 0 unspecified atom stereocenters. The Morgan fingerprint density at radius 1 is 1.19 bits per heavy atom. The third-order valence-corrected chi connectivity index (χ3v) is 2.91. The molecule has 16 heavy (non-hydrogen) atoms. The zero-order chi connectivity index (χ0) is 12.0. The number of hydrogen-bond acceptors (Lipinski definition) is 2. The predicted molar refractivity (Wildman–Crippen MR) is 68.7 cm³/mol. The number of nitriles is 1. The molecule has 0 aliphatic heterocycles. The van der Waals surface area contributed by atoms with Gasteiger partial charge < -0.3 is 4.90 Å². The summed E-state index contributed by atoms with van der Waals surface area (Å²) in [6.45, 7) is 5.16. The number of para-hydroxylation sites is 1. The minimum absolute atomic E-state index is 0.581. The fraction of sp³-hybridized carbons (Fsp3) is 0.500. The number of hydrogen-bond donors (Lipinski definition) is 0. The quantitative estimate of drug-likeness (QED) is 0.756. The molecule has 0 aliphatic rings. The second kappa shape index (κ2) is 6.17. The molecule has 0 radical (unpaired) electrons. The molecule has 2 heteroatoms. The SMILES string of the molecule is CCc1cccc(CC)c1N(C)CCC#N. The Kier molecular flexibility index (Phi) is 4.85. The molecule has 0 heterocycles. The van der Waals surface area contributed by atoms with Crippen LogP contribution in [0, 0.1) is 11.3 Å². The Labute approximate surface area is 98.5 Å². The average Bonchev–Trinajstić information content (AvgIpc) is 2.34. The Morgan fingerprint density at radius 2 is 1.75 bits per heavy atom. The molecule has 1 aromatic carbocycles. The molecule has 0 bridgehead atoms. The molecule has 0 fully saturated rings. The topological polar surface area (TPSA) is 27.0 Å². The lowest BCUT2D eigenvalue weighted by molar-refractivity contribution is 0.881.